The number of fused-ring (bicyclic) bond motifs is 1. The first kappa shape index (κ1) is 13.8. The normalized spacial score (nSPS) is 36.9. The Morgan fingerprint density at radius 1 is 1.17 bits per heavy atom. The summed E-state index contributed by atoms with van der Waals surface area (Å²) in [5.41, 5.74) is 0.450. The fourth-order valence-electron chi connectivity index (χ4n) is 3.40. The van der Waals surface area contributed by atoms with Gasteiger partial charge in [0.15, 0.2) is 0 Å². The number of hydrogen-bond acceptors (Lipinski definition) is 3. The molecule has 0 radical (unpaired) electrons. The standard InChI is InChI=1S/C15H29N3/c1-11(2)15(5)9-7-6-8-13-14(10-15)18(12(3)4)17-16-13/h11-14H,6-10H2,1-5H3. The minimum atomic E-state index is 0.450. The van der Waals surface area contributed by atoms with E-state index in [1.54, 1.807) is 0 Å². The maximum atomic E-state index is 4.54. The number of hydrogen-bond donors (Lipinski definition) is 0. The van der Waals surface area contributed by atoms with Crippen LogP contribution in [0.3, 0.4) is 0 Å². The smallest absolute Gasteiger partial charge is 0.0950 e. The van der Waals surface area contributed by atoms with Crippen LogP contribution in [0, 0.1) is 11.3 Å². The van der Waals surface area contributed by atoms with E-state index in [1.807, 2.05) is 0 Å². The Morgan fingerprint density at radius 2 is 1.89 bits per heavy atom. The molecule has 18 heavy (non-hydrogen) atoms. The molecule has 0 saturated heterocycles. The molecule has 104 valence electrons. The van der Waals surface area contributed by atoms with Crippen LogP contribution < -0.4 is 0 Å². The lowest BCUT2D eigenvalue weighted by Gasteiger charge is -2.41. The molecule has 0 spiro atoms. The van der Waals surface area contributed by atoms with E-state index in [4.69, 9.17) is 0 Å². The molecule has 0 bridgehead atoms. The fraction of sp³-hybridized carbons (Fsp3) is 1.00. The van der Waals surface area contributed by atoms with Gasteiger partial charge in [0.05, 0.1) is 12.1 Å². The minimum Gasteiger partial charge on any atom is -0.271 e. The molecule has 1 saturated carbocycles. The van der Waals surface area contributed by atoms with Gasteiger partial charge in [0, 0.05) is 6.04 Å². The van der Waals surface area contributed by atoms with Crippen LogP contribution in [0.5, 0.6) is 0 Å². The van der Waals surface area contributed by atoms with Crippen molar-refractivity contribution in [2.24, 2.45) is 21.7 Å². The van der Waals surface area contributed by atoms with Crippen molar-refractivity contribution in [2.45, 2.75) is 84.8 Å². The summed E-state index contributed by atoms with van der Waals surface area (Å²) in [6, 6.07) is 1.46. The fourth-order valence-corrected chi connectivity index (χ4v) is 3.40. The highest BCUT2D eigenvalue weighted by Gasteiger charge is 2.41. The molecular weight excluding hydrogens is 222 g/mol. The van der Waals surface area contributed by atoms with E-state index in [1.165, 1.54) is 32.1 Å². The molecule has 0 aromatic carbocycles. The molecule has 1 aliphatic heterocycles. The summed E-state index contributed by atoms with van der Waals surface area (Å²) < 4.78 is 0. The third kappa shape index (κ3) is 2.55. The zero-order valence-corrected chi connectivity index (χ0v) is 12.7. The summed E-state index contributed by atoms with van der Waals surface area (Å²) in [7, 11) is 0. The molecule has 3 atom stereocenters. The van der Waals surface area contributed by atoms with Crippen molar-refractivity contribution in [3.8, 4) is 0 Å². The van der Waals surface area contributed by atoms with Crippen LogP contribution in [0.1, 0.15) is 66.7 Å². The maximum absolute atomic E-state index is 4.54. The number of nitrogens with zero attached hydrogens (tertiary/aromatic N) is 3. The van der Waals surface area contributed by atoms with Gasteiger partial charge in [-0.15, -0.1) is 0 Å². The molecule has 0 aromatic heterocycles. The molecule has 0 N–H and O–H groups in total. The summed E-state index contributed by atoms with van der Waals surface area (Å²) in [5.74, 6) is 0.742. The van der Waals surface area contributed by atoms with Gasteiger partial charge >= 0.3 is 0 Å². The Labute approximate surface area is 112 Å². The van der Waals surface area contributed by atoms with Gasteiger partial charge in [-0.3, -0.25) is 5.01 Å². The maximum Gasteiger partial charge on any atom is 0.0950 e. The van der Waals surface area contributed by atoms with Crippen LogP contribution in [0.25, 0.3) is 0 Å². The first-order chi connectivity index (χ1) is 8.44. The second-order valence-electron chi connectivity index (χ2n) is 7.07. The van der Waals surface area contributed by atoms with Crippen LogP contribution in [0.4, 0.5) is 0 Å². The van der Waals surface area contributed by atoms with E-state index in [9.17, 15) is 0 Å². The molecule has 2 aliphatic rings. The average molecular weight is 251 g/mol. The molecule has 2 rings (SSSR count). The van der Waals surface area contributed by atoms with Gasteiger partial charge in [-0.1, -0.05) is 38.8 Å². The lowest BCUT2D eigenvalue weighted by molar-refractivity contribution is 0.0724. The Hall–Kier alpha value is -0.600. The van der Waals surface area contributed by atoms with Gasteiger partial charge in [-0.25, -0.2) is 0 Å². The highest BCUT2D eigenvalue weighted by atomic mass is 15.6. The van der Waals surface area contributed by atoms with Crippen LogP contribution >= 0.6 is 0 Å². The largest absolute Gasteiger partial charge is 0.271 e. The lowest BCUT2D eigenvalue weighted by Crippen LogP contribution is -2.44. The quantitative estimate of drug-likeness (QED) is 0.713. The predicted octanol–water partition coefficient (Wildman–Crippen LogP) is 4.44. The molecule has 1 heterocycles. The second-order valence-corrected chi connectivity index (χ2v) is 7.07. The van der Waals surface area contributed by atoms with Crippen LogP contribution in [0.15, 0.2) is 10.3 Å². The van der Waals surface area contributed by atoms with E-state index in [-0.39, 0.29) is 0 Å². The first-order valence-electron chi connectivity index (χ1n) is 7.63. The van der Waals surface area contributed by atoms with Crippen molar-refractivity contribution in [2.75, 3.05) is 0 Å². The Morgan fingerprint density at radius 3 is 2.50 bits per heavy atom. The molecular formula is C15H29N3. The highest BCUT2D eigenvalue weighted by molar-refractivity contribution is 4.95. The van der Waals surface area contributed by atoms with Crippen LogP contribution in [-0.4, -0.2) is 23.1 Å². The molecule has 3 nitrogen and oxygen atoms in total. The van der Waals surface area contributed by atoms with Crippen molar-refractivity contribution in [3.63, 3.8) is 0 Å². The number of rotatable bonds is 2. The monoisotopic (exact) mass is 251 g/mol. The van der Waals surface area contributed by atoms with E-state index in [2.05, 4.69) is 50.0 Å². The van der Waals surface area contributed by atoms with Crippen molar-refractivity contribution in [1.29, 1.82) is 0 Å². The molecule has 0 amide bonds. The SMILES string of the molecule is CC(C)N1N=NC2CCCCC(C)(C(C)C)CC21. The van der Waals surface area contributed by atoms with Crippen molar-refractivity contribution in [3.05, 3.63) is 0 Å². The van der Waals surface area contributed by atoms with Gasteiger partial charge < -0.3 is 0 Å². The van der Waals surface area contributed by atoms with Gasteiger partial charge in [-0.2, -0.15) is 5.11 Å². The van der Waals surface area contributed by atoms with Crippen molar-refractivity contribution >= 4 is 0 Å². The van der Waals surface area contributed by atoms with Crippen LogP contribution in [-0.2, 0) is 0 Å². The summed E-state index contributed by atoms with van der Waals surface area (Å²) in [6.07, 6.45) is 6.51. The van der Waals surface area contributed by atoms with Crippen molar-refractivity contribution < 1.29 is 0 Å². The van der Waals surface area contributed by atoms with E-state index < -0.39 is 0 Å². The summed E-state index contributed by atoms with van der Waals surface area (Å²) in [5, 5.41) is 11.2. The van der Waals surface area contributed by atoms with E-state index in [0.29, 0.717) is 23.5 Å². The first-order valence-corrected chi connectivity index (χ1v) is 7.63. The highest BCUT2D eigenvalue weighted by Crippen LogP contribution is 2.43. The lowest BCUT2D eigenvalue weighted by atomic mass is 9.68. The average Bonchev–Trinajstić information content (AvgIpc) is 2.64. The zero-order valence-electron chi connectivity index (χ0n) is 12.7. The van der Waals surface area contributed by atoms with Gasteiger partial charge in [0.2, 0.25) is 0 Å². The topological polar surface area (TPSA) is 28.0 Å². The zero-order chi connectivity index (χ0) is 13.3. The summed E-state index contributed by atoms with van der Waals surface area (Å²) in [6.45, 7) is 11.7. The predicted molar refractivity (Wildman–Crippen MR) is 75.4 cm³/mol. The molecule has 3 heteroatoms. The Bertz CT molecular complexity index is 311. The second kappa shape index (κ2) is 5.18. The molecule has 1 fully saturated rings. The van der Waals surface area contributed by atoms with E-state index >= 15 is 0 Å². The Kier molecular flexibility index (Phi) is 3.98. The van der Waals surface area contributed by atoms with E-state index in [0.717, 1.165) is 5.92 Å². The van der Waals surface area contributed by atoms with Gasteiger partial charge in [0.1, 0.15) is 0 Å². The van der Waals surface area contributed by atoms with Gasteiger partial charge in [0.25, 0.3) is 0 Å². The molecule has 1 aliphatic carbocycles. The van der Waals surface area contributed by atoms with Crippen LogP contribution in [0.2, 0.25) is 0 Å². The third-order valence-electron chi connectivity index (χ3n) is 5.18. The van der Waals surface area contributed by atoms with Gasteiger partial charge in [-0.05, 0) is 44.4 Å². The minimum absolute atomic E-state index is 0.450. The molecule has 0 aromatic rings. The van der Waals surface area contributed by atoms with Crippen molar-refractivity contribution in [1.82, 2.24) is 5.01 Å². The summed E-state index contributed by atoms with van der Waals surface area (Å²) >= 11 is 0. The third-order valence-corrected chi connectivity index (χ3v) is 5.18. The Balaban J connectivity index is 2.18. The summed E-state index contributed by atoms with van der Waals surface area (Å²) in [4.78, 5) is 0. The molecule has 3 unspecified atom stereocenters.